The number of hydrogen-bond acceptors (Lipinski definition) is 4. The van der Waals surface area contributed by atoms with Gasteiger partial charge in [0, 0.05) is 11.8 Å². The van der Waals surface area contributed by atoms with Crippen molar-refractivity contribution in [1.29, 1.82) is 21.0 Å². The molecule has 0 radical (unpaired) electrons. The van der Waals surface area contributed by atoms with Crippen LogP contribution in [-0.2, 0) is 37.1 Å². The summed E-state index contributed by atoms with van der Waals surface area (Å²) in [5.74, 6) is -2.86. The number of benzene rings is 4. The third kappa shape index (κ3) is 7.44. The predicted octanol–water partition coefficient (Wildman–Crippen LogP) is 13.6. The van der Waals surface area contributed by atoms with Crippen LogP contribution in [0, 0.1) is 45.3 Å². The van der Waals surface area contributed by atoms with E-state index in [2.05, 4.69) is 0 Å². The van der Waals surface area contributed by atoms with Gasteiger partial charge in [-0.15, -0.1) is 0 Å². The first kappa shape index (κ1) is 44.6. The highest BCUT2D eigenvalue weighted by Gasteiger charge is 2.53. The molecule has 0 bridgehead atoms. The first-order chi connectivity index (χ1) is 28.4. The quantitative estimate of drug-likeness (QED) is 0.148. The summed E-state index contributed by atoms with van der Waals surface area (Å²) in [6, 6.07) is 10.5. The summed E-state index contributed by atoms with van der Waals surface area (Å²) >= 11 is 0. The molecule has 62 heavy (non-hydrogen) atoms. The van der Waals surface area contributed by atoms with Crippen molar-refractivity contribution >= 4 is 11.1 Å². The number of alkyl halides is 18. The van der Waals surface area contributed by atoms with Gasteiger partial charge in [-0.2, -0.15) is 100 Å². The molecule has 0 saturated carbocycles. The molecule has 0 heterocycles. The molecule has 0 spiro atoms. The Balaban J connectivity index is 1.65. The van der Waals surface area contributed by atoms with Crippen LogP contribution in [0.25, 0.3) is 33.4 Å². The second kappa shape index (κ2) is 14.3. The third-order valence-corrected chi connectivity index (χ3v) is 10.0. The van der Waals surface area contributed by atoms with Gasteiger partial charge in [0.25, 0.3) is 0 Å². The van der Waals surface area contributed by atoms with Gasteiger partial charge in [-0.3, -0.25) is 0 Å². The molecule has 0 aromatic heterocycles. The number of nitriles is 4. The lowest BCUT2D eigenvalue weighted by molar-refractivity contribution is -0.174. The predicted molar refractivity (Wildman–Crippen MR) is 176 cm³/mol. The average Bonchev–Trinajstić information content (AvgIpc) is 3.65. The monoisotopic (exact) mass is 890 g/mol. The molecule has 0 N–H and O–H groups in total. The molecule has 318 valence electrons. The summed E-state index contributed by atoms with van der Waals surface area (Å²) in [5.41, 5.74) is -23.7. The third-order valence-electron chi connectivity index (χ3n) is 10.0. The lowest BCUT2D eigenvalue weighted by atomic mass is 9.86. The van der Waals surface area contributed by atoms with Crippen LogP contribution < -0.4 is 0 Å². The molecule has 6 rings (SSSR count). The van der Waals surface area contributed by atoms with Gasteiger partial charge in [0.1, 0.15) is 35.4 Å². The molecule has 0 amide bonds. The zero-order valence-corrected chi connectivity index (χ0v) is 29.5. The number of halogens is 18. The minimum absolute atomic E-state index is 0.125. The Morgan fingerprint density at radius 3 is 0.823 bits per heavy atom. The van der Waals surface area contributed by atoms with Crippen LogP contribution in [0.1, 0.15) is 67.5 Å². The van der Waals surface area contributed by atoms with Gasteiger partial charge in [-0.1, -0.05) is 24.3 Å². The molecule has 0 fully saturated rings. The van der Waals surface area contributed by atoms with Crippen LogP contribution in [0.5, 0.6) is 0 Å². The van der Waals surface area contributed by atoms with E-state index >= 15 is 0 Å². The highest BCUT2D eigenvalue weighted by atomic mass is 19.4. The highest BCUT2D eigenvalue weighted by Crippen LogP contribution is 2.65. The number of fused-ring (bicyclic) bond motifs is 5. The number of nitrogens with zero attached hydrogens (tertiary/aromatic N) is 4. The van der Waals surface area contributed by atoms with Crippen LogP contribution in [0.3, 0.4) is 0 Å². The first-order valence-corrected chi connectivity index (χ1v) is 16.6. The Labute approximate surface area is 334 Å². The minimum atomic E-state index is -6.17. The summed E-state index contributed by atoms with van der Waals surface area (Å²) in [6.07, 6.45) is -36.4. The fraction of sp³-hybridized carbons (Fsp3) is 0.200. The second-order valence-corrected chi connectivity index (χ2v) is 13.5. The molecule has 0 saturated heterocycles. The first-order valence-electron chi connectivity index (χ1n) is 16.6. The van der Waals surface area contributed by atoms with E-state index in [-0.39, 0.29) is 57.7 Å². The molecule has 2 aliphatic carbocycles. The standard InChI is InChI=1S/C40H12F18N4/c41-35(42,43)25-7-17(8-26(36(44,45)46)33(25)39(53,54)55)15-1-3-21-23(5-15)29(19(11-59)12-60)32-22-4-2-16(6-24(22)30(31(21)32)20(13-61)14-62)18-9-27(37(47,48)49)34(40(56,57)58)28(10-18)38(50,51)52/h1-10,31-32H. The van der Waals surface area contributed by atoms with Gasteiger partial charge in [-0.05, 0) is 92.1 Å². The lowest BCUT2D eigenvalue weighted by Crippen LogP contribution is -2.23. The smallest absolute Gasteiger partial charge is 0.192 e. The second-order valence-electron chi connectivity index (χ2n) is 13.5. The maximum absolute atomic E-state index is 14.0. The van der Waals surface area contributed by atoms with Crippen molar-refractivity contribution in [2.75, 3.05) is 0 Å². The zero-order valence-electron chi connectivity index (χ0n) is 29.5. The molecule has 4 aromatic carbocycles. The minimum Gasteiger partial charge on any atom is -0.192 e. The van der Waals surface area contributed by atoms with Crippen molar-refractivity contribution in [1.82, 2.24) is 0 Å². The molecular formula is C40H12F18N4. The Hall–Kier alpha value is -6.94. The van der Waals surface area contributed by atoms with Crippen LogP contribution >= 0.6 is 0 Å². The van der Waals surface area contributed by atoms with Crippen molar-refractivity contribution in [2.45, 2.75) is 48.9 Å². The molecule has 2 atom stereocenters. The largest absolute Gasteiger partial charge is 0.417 e. The molecule has 2 aliphatic rings. The van der Waals surface area contributed by atoms with Crippen molar-refractivity contribution in [3.63, 3.8) is 0 Å². The maximum atomic E-state index is 14.0. The molecule has 4 aromatic rings. The Morgan fingerprint density at radius 2 is 0.613 bits per heavy atom. The van der Waals surface area contributed by atoms with Gasteiger partial charge < -0.3 is 0 Å². The topological polar surface area (TPSA) is 95.2 Å². The van der Waals surface area contributed by atoms with Crippen molar-refractivity contribution < 1.29 is 79.0 Å². The van der Waals surface area contributed by atoms with Gasteiger partial charge in [0.05, 0.1) is 33.4 Å². The van der Waals surface area contributed by atoms with E-state index in [0.717, 1.165) is 36.4 Å². The van der Waals surface area contributed by atoms with Gasteiger partial charge in [-0.25, -0.2) is 0 Å². The van der Waals surface area contributed by atoms with Crippen LogP contribution in [-0.4, -0.2) is 0 Å². The SMILES string of the molecule is N#CC(C#N)=C1c2cc(-c3cc(C(F)(F)F)c(C(F)(F)F)c(C(F)(F)F)c3)ccc2C2C(=C(C#N)C#N)c3cc(-c4cc(C(F)(F)F)c(C(F)(F)F)c(C(F)(F)F)c4)ccc3C12. The zero-order chi connectivity index (χ0) is 46.4. The summed E-state index contributed by atoms with van der Waals surface area (Å²) in [4.78, 5) is 0. The summed E-state index contributed by atoms with van der Waals surface area (Å²) in [7, 11) is 0. The lowest BCUT2D eigenvalue weighted by Gasteiger charge is -2.22. The number of rotatable bonds is 2. The van der Waals surface area contributed by atoms with E-state index in [4.69, 9.17) is 0 Å². The normalized spacial score (nSPS) is 16.4. The van der Waals surface area contributed by atoms with Crippen molar-refractivity contribution in [3.05, 3.63) is 127 Å². The fourth-order valence-corrected chi connectivity index (χ4v) is 7.81. The van der Waals surface area contributed by atoms with E-state index in [1.54, 1.807) is 0 Å². The molecule has 2 unspecified atom stereocenters. The average molecular weight is 891 g/mol. The van der Waals surface area contributed by atoms with Crippen molar-refractivity contribution in [2.24, 2.45) is 0 Å². The molecular weight excluding hydrogens is 878 g/mol. The van der Waals surface area contributed by atoms with Gasteiger partial charge >= 0.3 is 37.1 Å². The van der Waals surface area contributed by atoms with E-state index in [1.165, 1.54) is 24.3 Å². The number of hydrogen-bond donors (Lipinski definition) is 0. The Morgan fingerprint density at radius 1 is 0.355 bits per heavy atom. The number of allylic oxidation sites excluding steroid dienone is 4. The maximum Gasteiger partial charge on any atom is 0.417 e. The van der Waals surface area contributed by atoms with Gasteiger partial charge in [0.15, 0.2) is 0 Å². The highest BCUT2D eigenvalue weighted by molar-refractivity contribution is 6.00. The van der Waals surface area contributed by atoms with Gasteiger partial charge in [0.2, 0.25) is 0 Å². The molecule has 4 nitrogen and oxygen atoms in total. The van der Waals surface area contributed by atoms with Crippen LogP contribution in [0.15, 0.2) is 71.8 Å². The summed E-state index contributed by atoms with van der Waals surface area (Å²) in [5, 5.41) is 39.9. The van der Waals surface area contributed by atoms with E-state index in [1.807, 2.05) is 0 Å². The van der Waals surface area contributed by atoms with Crippen LogP contribution in [0.2, 0.25) is 0 Å². The van der Waals surface area contributed by atoms with E-state index in [0.29, 0.717) is 0 Å². The molecule has 0 aliphatic heterocycles. The van der Waals surface area contributed by atoms with Crippen LogP contribution in [0.4, 0.5) is 79.0 Å². The summed E-state index contributed by atoms with van der Waals surface area (Å²) < 4.78 is 251. The van der Waals surface area contributed by atoms with E-state index in [9.17, 15) is 100 Å². The van der Waals surface area contributed by atoms with Crippen molar-refractivity contribution in [3.8, 4) is 46.5 Å². The molecule has 22 heteroatoms. The Kier molecular flexibility index (Phi) is 10.3. The van der Waals surface area contributed by atoms with E-state index < -0.39 is 116 Å². The Bertz CT molecular complexity index is 2520. The fourth-order valence-electron chi connectivity index (χ4n) is 7.81. The summed E-state index contributed by atoms with van der Waals surface area (Å²) in [6.45, 7) is 0.